The molecule has 114 valence electrons. The van der Waals surface area contributed by atoms with Gasteiger partial charge in [-0.3, -0.25) is 4.79 Å². The first-order valence-electron chi connectivity index (χ1n) is 7.79. The highest BCUT2D eigenvalue weighted by Crippen LogP contribution is 2.28. The van der Waals surface area contributed by atoms with Gasteiger partial charge in [-0.2, -0.15) is 0 Å². The number of carbonyl (C=O) groups is 2. The number of hydrogen-bond donors (Lipinski definition) is 2. The molecule has 2 N–H and O–H groups in total. The number of rotatable bonds is 4. The summed E-state index contributed by atoms with van der Waals surface area (Å²) in [6.45, 7) is 0.986. The van der Waals surface area contributed by atoms with Crippen molar-refractivity contribution in [3.05, 3.63) is 0 Å². The lowest BCUT2D eigenvalue weighted by Crippen LogP contribution is -2.55. The van der Waals surface area contributed by atoms with Crippen LogP contribution in [0.25, 0.3) is 0 Å². The van der Waals surface area contributed by atoms with Crippen molar-refractivity contribution in [3.63, 3.8) is 0 Å². The molecule has 5 heteroatoms. The summed E-state index contributed by atoms with van der Waals surface area (Å²) >= 11 is 0. The van der Waals surface area contributed by atoms with E-state index in [9.17, 15) is 9.59 Å². The second kappa shape index (κ2) is 7.07. The Morgan fingerprint density at radius 1 is 1.20 bits per heavy atom. The van der Waals surface area contributed by atoms with Crippen LogP contribution < -0.4 is 10.6 Å². The molecular weight excluding hydrogens is 256 g/mol. The van der Waals surface area contributed by atoms with Crippen molar-refractivity contribution < 1.29 is 14.3 Å². The van der Waals surface area contributed by atoms with Gasteiger partial charge < -0.3 is 15.4 Å². The first-order chi connectivity index (χ1) is 9.66. The largest absolute Gasteiger partial charge is 0.467 e. The molecule has 1 unspecified atom stereocenters. The Morgan fingerprint density at radius 2 is 1.90 bits per heavy atom. The van der Waals surface area contributed by atoms with Crippen LogP contribution in [0.3, 0.4) is 0 Å². The molecule has 1 saturated carbocycles. The van der Waals surface area contributed by atoms with Crippen LogP contribution in [0.1, 0.15) is 57.8 Å². The number of amides is 1. The van der Waals surface area contributed by atoms with E-state index in [1.807, 2.05) is 0 Å². The maximum atomic E-state index is 12.2. The first-order valence-corrected chi connectivity index (χ1v) is 7.79. The molecule has 2 rings (SSSR count). The summed E-state index contributed by atoms with van der Waals surface area (Å²) in [5.41, 5.74) is -0.791. The summed E-state index contributed by atoms with van der Waals surface area (Å²) in [6.07, 6.45) is 8.20. The Bertz CT molecular complexity index is 343. The molecule has 0 aromatic heterocycles. The lowest BCUT2D eigenvalue weighted by atomic mass is 9.89. The SMILES string of the molecule is COC(=O)C1(NC(=O)CC2CCCN2)CCCCCC1. The molecule has 1 heterocycles. The molecular formula is C15H26N2O3. The molecule has 2 fully saturated rings. The molecule has 1 saturated heterocycles. The van der Waals surface area contributed by atoms with E-state index in [-0.39, 0.29) is 17.9 Å². The molecule has 1 atom stereocenters. The number of hydrogen-bond acceptors (Lipinski definition) is 4. The van der Waals surface area contributed by atoms with Crippen molar-refractivity contribution in [1.29, 1.82) is 0 Å². The zero-order valence-electron chi connectivity index (χ0n) is 12.4. The summed E-state index contributed by atoms with van der Waals surface area (Å²) in [6, 6.07) is 0.260. The van der Waals surface area contributed by atoms with Crippen LogP contribution in [0.4, 0.5) is 0 Å². The number of carbonyl (C=O) groups excluding carboxylic acids is 2. The molecule has 0 radical (unpaired) electrons. The van der Waals surface area contributed by atoms with Gasteiger partial charge in [0.25, 0.3) is 0 Å². The van der Waals surface area contributed by atoms with Gasteiger partial charge in [0.15, 0.2) is 0 Å². The van der Waals surface area contributed by atoms with E-state index in [0.717, 1.165) is 45.1 Å². The van der Waals surface area contributed by atoms with Gasteiger partial charge in [0.05, 0.1) is 7.11 Å². The highest BCUT2D eigenvalue weighted by atomic mass is 16.5. The van der Waals surface area contributed by atoms with E-state index < -0.39 is 5.54 Å². The van der Waals surface area contributed by atoms with Crippen LogP contribution in [-0.2, 0) is 14.3 Å². The van der Waals surface area contributed by atoms with E-state index in [2.05, 4.69) is 10.6 Å². The number of methoxy groups -OCH3 is 1. The smallest absolute Gasteiger partial charge is 0.331 e. The van der Waals surface area contributed by atoms with Gasteiger partial charge in [0.1, 0.15) is 5.54 Å². The average Bonchev–Trinajstić information content (AvgIpc) is 2.82. The molecule has 5 nitrogen and oxygen atoms in total. The Labute approximate surface area is 120 Å². The minimum Gasteiger partial charge on any atom is -0.467 e. The fourth-order valence-electron chi connectivity index (χ4n) is 3.38. The molecule has 0 bridgehead atoms. The van der Waals surface area contributed by atoms with Gasteiger partial charge in [-0.25, -0.2) is 4.79 Å². The van der Waals surface area contributed by atoms with Crippen molar-refractivity contribution in [2.45, 2.75) is 69.4 Å². The van der Waals surface area contributed by atoms with Crippen molar-refractivity contribution in [2.75, 3.05) is 13.7 Å². The number of esters is 1. The second-order valence-corrected chi connectivity index (χ2v) is 6.03. The molecule has 0 spiro atoms. The fraction of sp³-hybridized carbons (Fsp3) is 0.867. The second-order valence-electron chi connectivity index (χ2n) is 6.03. The quantitative estimate of drug-likeness (QED) is 0.606. The van der Waals surface area contributed by atoms with Crippen LogP contribution in [0, 0.1) is 0 Å². The maximum absolute atomic E-state index is 12.2. The van der Waals surface area contributed by atoms with Crippen molar-refractivity contribution in [3.8, 4) is 0 Å². The highest BCUT2D eigenvalue weighted by Gasteiger charge is 2.41. The molecule has 0 aromatic carbocycles. The molecule has 2 aliphatic rings. The molecule has 1 aliphatic heterocycles. The Hall–Kier alpha value is -1.10. The lowest BCUT2D eigenvalue weighted by Gasteiger charge is -2.31. The average molecular weight is 282 g/mol. The molecule has 1 aliphatic carbocycles. The third-order valence-corrected chi connectivity index (χ3v) is 4.51. The van der Waals surface area contributed by atoms with Gasteiger partial charge in [-0.05, 0) is 32.2 Å². The topological polar surface area (TPSA) is 67.4 Å². The predicted octanol–water partition coefficient (Wildman–Crippen LogP) is 1.51. The minimum atomic E-state index is -0.791. The third-order valence-electron chi connectivity index (χ3n) is 4.51. The standard InChI is InChI=1S/C15H26N2O3/c1-20-14(19)15(8-4-2-3-5-9-15)17-13(18)11-12-7-6-10-16-12/h12,16H,2-11H2,1H3,(H,17,18). The summed E-state index contributed by atoms with van der Waals surface area (Å²) in [5, 5.41) is 6.31. The van der Waals surface area contributed by atoms with E-state index in [1.54, 1.807) is 0 Å². The summed E-state index contributed by atoms with van der Waals surface area (Å²) in [7, 11) is 1.40. The van der Waals surface area contributed by atoms with Crippen LogP contribution in [0.5, 0.6) is 0 Å². The Kier molecular flexibility index (Phi) is 5.40. The van der Waals surface area contributed by atoms with E-state index in [0.29, 0.717) is 19.3 Å². The van der Waals surface area contributed by atoms with Crippen LogP contribution in [0.15, 0.2) is 0 Å². The third kappa shape index (κ3) is 3.72. The van der Waals surface area contributed by atoms with Crippen LogP contribution >= 0.6 is 0 Å². The Morgan fingerprint density at radius 3 is 2.45 bits per heavy atom. The summed E-state index contributed by atoms with van der Waals surface area (Å²) < 4.78 is 4.95. The predicted molar refractivity (Wildman–Crippen MR) is 76.2 cm³/mol. The monoisotopic (exact) mass is 282 g/mol. The fourth-order valence-corrected chi connectivity index (χ4v) is 3.38. The first kappa shape index (κ1) is 15.3. The van der Waals surface area contributed by atoms with E-state index >= 15 is 0 Å². The molecule has 20 heavy (non-hydrogen) atoms. The van der Waals surface area contributed by atoms with Gasteiger partial charge in [0, 0.05) is 12.5 Å². The maximum Gasteiger partial charge on any atom is 0.331 e. The van der Waals surface area contributed by atoms with Gasteiger partial charge in [0.2, 0.25) is 5.91 Å². The number of ether oxygens (including phenoxy) is 1. The summed E-state index contributed by atoms with van der Waals surface area (Å²) in [5.74, 6) is -0.316. The van der Waals surface area contributed by atoms with Crippen molar-refractivity contribution in [1.82, 2.24) is 10.6 Å². The van der Waals surface area contributed by atoms with E-state index in [1.165, 1.54) is 7.11 Å². The van der Waals surface area contributed by atoms with E-state index in [4.69, 9.17) is 4.74 Å². The van der Waals surface area contributed by atoms with Gasteiger partial charge in [-0.15, -0.1) is 0 Å². The highest BCUT2D eigenvalue weighted by molar-refractivity contribution is 5.88. The molecule has 0 aromatic rings. The van der Waals surface area contributed by atoms with Gasteiger partial charge >= 0.3 is 5.97 Å². The Balaban J connectivity index is 1.98. The van der Waals surface area contributed by atoms with Crippen LogP contribution in [-0.4, -0.2) is 37.1 Å². The zero-order chi connectivity index (χ0) is 14.4. The van der Waals surface area contributed by atoms with Crippen molar-refractivity contribution >= 4 is 11.9 Å². The normalized spacial score (nSPS) is 25.8. The number of nitrogens with one attached hydrogen (secondary N) is 2. The van der Waals surface area contributed by atoms with Crippen LogP contribution in [0.2, 0.25) is 0 Å². The van der Waals surface area contributed by atoms with Crippen molar-refractivity contribution in [2.24, 2.45) is 0 Å². The molecule has 1 amide bonds. The lowest BCUT2D eigenvalue weighted by molar-refractivity contribution is -0.151. The minimum absolute atomic E-state index is 0.0308. The van der Waals surface area contributed by atoms with Gasteiger partial charge in [-0.1, -0.05) is 25.7 Å². The summed E-state index contributed by atoms with van der Waals surface area (Å²) in [4.78, 5) is 24.4. The zero-order valence-corrected chi connectivity index (χ0v) is 12.4.